The van der Waals surface area contributed by atoms with Crippen LogP contribution in [0.15, 0.2) is 0 Å². The van der Waals surface area contributed by atoms with Crippen LogP contribution in [0.1, 0.15) is 6.42 Å². The van der Waals surface area contributed by atoms with Gasteiger partial charge in [0.15, 0.2) is 0 Å². The van der Waals surface area contributed by atoms with E-state index in [9.17, 15) is 13.5 Å². The summed E-state index contributed by atoms with van der Waals surface area (Å²) in [6.45, 7) is 1.32. The summed E-state index contributed by atoms with van der Waals surface area (Å²) in [6.07, 6.45) is 1.45. The molecule has 0 aromatic heterocycles. The van der Waals surface area contributed by atoms with Gasteiger partial charge in [-0.25, -0.2) is 8.42 Å². The highest BCUT2D eigenvalue weighted by molar-refractivity contribution is 7.90. The Kier molecular flexibility index (Phi) is 3.09. The molecule has 2 N–H and O–H groups in total. The Balaban J connectivity index is 2.50. The fraction of sp³-hybridized carbons (Fsp3) is 1.00. The Morgan fingerprint density at radius 1 is 1.58 bits per heavy atom. The number of aliphatic hydroxyl groups excluding tert-OH is 1. The van der Waals surface area contributed by atoms with Gasteiger partial charge in [-0.05, 0) is 13.0 Å². The number of hydrogen-bond acceptors (Lipinski definition) is 4. The summed E-state index contributed by atoms with van der Waals surface area (Å²) >= 11 is 0. The van der Waals surface area contributed by atoms with E-state index in [4.69, 9.17) is 0 Å². The van der Waals surface area contributed by atoms with E-state index in [-0.39, 0.29) is 11.7 Å². The second kappa shape index (κ2) is 3.72. The van der Waals surface area contributed by atoms with Gasteiger partial charge in [-0.2, -0.15) is 0 Å². The van der Waals surface area contributed by atoms with E-state index in [1.165, 1.54) is 6.26 Å². The highest BCUT2D eigenvalue weighted by atomic mass is 32.2. The van der Waals surface area contributed by atoms with Crippen LogP contribution in [-0.2, 0) is 9.84 Å². The maximum absolute atomic E-state index is 10.9. The first-order chi connectivity index (χ1) is 5.49. The predicted octanol–water partition coefficient (Wildman–Crippen LogP) is -0.999. The Morgan fingerprint density at radius 3 is 2.75 bits per heavy atom. The number of sulfone groups is 1. The molecule has 0 aromatic rings. The van der Waals surface area contributed by atoms with Crippen LogP contribution in [0.4, 0.5) is 0 Å². The molecular formula is C7H15NO3S. The lowest BCUT2D eigenvalue weighted by Gasteiger charge is -2.27. The zero-order valence-corrected chi connectivity index (χ0v) is 7.97. The fourth-order valence-electron chi connectivity index (χ4n) is 1.48. The van der Waals surface area contributed by atoms with Crippen LogP contribution in [0.2, 0.25) is 0 Å². The third-order valence-corrected chi connectivity index (χ3v) is 3.14. The van der Waals surface area contributed by atoms with Gasteiger partial charge in [-0.1, -0.05) is 0 Å². The van der Waals surface area contributed by atoms with Gasteiger partial charge < -0.3 is 10.4 Å². The van der Waals surface area contributed by atoms with Crippen molar-refractivity contribution in [3.05, 3.63) is 0 Å². The van der Waals surface area contributed by atoms with Crippen molar-refractivity contribution in [3.8, 4) is 0 Å². The molecule has 1 aliphatic rings. The molecule has 0 amide bonds. The van der Waals surface area contributed by atoms with Gasteiger partial charge in [0.05, 0.1) is 11.9 Å². The van der Waals surface area contributed by atoms with Crippen molar-refractivity contribution < 1.29 is 13.5 Å². The lowest BCUT2D eigenvalue weighted by molar-refractivity contribution is 0.0929. The minimum atomic E-state index is -2.94. The van der Waals surface area contributed by atoms with Crippen LogP contribution < -0.4 is 5.32 Å². The highest BCUT2D eigenvalue weighted by Crippen LogP contribution is 2.14. The maximum Gasteiger partial charge on any atom is 0.147 e. The number of aliphatic hydroxyl groups is 1. The molecule has 0 aliphatic carbocycles. The molecule has 2 atom stereocenters. The van der Waals surface area contributed by atoms with Crippen LogP contribution in [-0.4, -0.2) is 44.7 Å². The first-order valence-electron chi connectivity index (χ1n) is 4.05. The average Bonchev–Trinajstić information content (AvgIpc) is 1.91. The molecule has 0 spiro atoms. The molecule has 2 unspecified atom stereocenters. The Bertz CT molecular complexity index is 237. The number of hydrogen-bond donors (Lipinski definition) is 2. The predicted molar refractivity (Wildman–Crippen MR) is 46.7 cm³/mol. The fourth-order valence-corrected chi connectivity index (χ4v) is 2.65. The van der Waals surface area contributed by atoms with E-state index >= 15 is 0 Å². The molecule has 0 bridgehead atoms. The molecule has 5 heteroatoms. The quantitative estimate of drug-likeness (QED) is 0.590. The van der Waals surface area contributed by atoms with Gasteiger partial charge in [0.1, 0.15) is 9.84 Å². The minimum Gasteiger partial charge on any atom is -0.391 e. The van der Waals surface area contributed by atoms with Crippen molar-refractivity contribution in [1.29, 1.82) is 0 Å². The maximum atomic E-state index is 10.9. The lowest BCUT2D eigenvalue weighted by Crippen LogP contribution is -2.43. The lowest BCUT2D eigenvalue weighted by atomic mass is 9.97. The van der Waals surface area contributed by atoms with Crippen LogP contribution in [0.25, 0.3) is 0 Å². The molecule has 1 heterocycles. The summed E-state index contributed by atoms with van der Waals surface area (Å²) in [4.78, 5) is 0. The topological polar surface area (TPSA) is 66.4 Å². The largest absolute Gasteiger partial charge is 0.391 e. The number of β-amino-alcohol motifs (C(OH)–C–C–N with tert-alkyl or cyclic N) is 1. The summed E-state index contributed by atoms with van der Waals surface area (Å²) < 4.78 is 21.8. The minimum absolute atomic E-state index is 0.0822. The van der Waals surface area contributed by atoms with Crippen molar-refractivity contribution in [3.63, 3.8) is 0 Å². The normalized spacial score (nSPS) is 31.8. The van der Waals surface area contributed by atoms with E-state index in [2.05, 4.69) is 5.32 Å². The Hall–Kier alpha value is -0.130. The van der Waals surface area contributed by atoms with E-state index in [1.807, 2.05) is 0 Å². The van der Waals surface area contributed by atoms with Crippen molar-refractivity contribution in [2.24, 2.45) is 5.92 Å². The third-order valence-electron chi connectivity index (χ3n) is 2.11. The summed E-state index contributed by atoms with van der Waals surface area (Å²) in [5.41, 5.74) is 0. The monoisotopic (exact) mass is 193 g/mol. The zero-order valence-electron chi connectivity index (χ0n) is 7.16. The smallest absolute Gasteiger partial charge is 0.147 e. The number of piperidine rings is 1. The highest BCUT2D eigenvalue weighted by Gasteiger charge is 2.25. The van der Waals surface area contributed by atoms with Crippen molar-refractivity contribution in [2.45, 2.75) is 12.5 Å². The molecular weight excluding hydrogens is 178 g/mol. The van der Waals surface area contributed by atoms with E-state index in [1.54, 1.807) is 0 Å². The molecule has 4 nitrogen and oxygen atoms in total. The van der Waals surface area contributed by atoms with Crippen molar-refractivity contribution >= 4 is 9.84 Å². The molecule has 0 radical (unpaired) electrons. The standard InChI is InChI=1S/C7H15NO3S/c1-12(10,11)5-6-2-3-8-4-7(6)9/h6-9H,2-5H2,1H3. The molecule has 72 valence electrons. The van der Waals surface area contributed by atoms with Gasteiger partial charge in [-0.15, -0.1) is 0 Å². The Labute approximate surface area is 72.9 Å². The molecule has 1 rings (SSSR count). The van der Waals surface area contributed by atoms with Gasteiger partial charge in [0, 0.05) is 18.7 Å². The van der Waals surface area contributed by atoms with Crippen LogP contribution >= 0.6 is 0 Å². The molecule has 12 heavy (non-hydrogen) atoms. The summed E-state index contributed by atoms with van der Waals surface area (Å²) in [5.74, 6) is 0.0248. The summed E-state index contributed by atoms with van der Waals surface area (Å²) in [5, 5.41) is 12.4. The van der Waals surface area contributed by atoms with Crippen LogP contribution in [0.3, 0.4) is 0 Å². The molecule has 1 aliphatic heterocycles. The first kappa shape index (κ1) is 9.95. The summed E-state index contributed by atoms with van der Waals surface area (Å²) in [7, 11) is -2.94. The first-order valence-corrected chi connectivity index (χ1v) is 6.11. The second-order valence-corrected chi connectivity index (χ2v) is 5.60. The van der Waals surface area contributed by atoms with Gasteiger partial charge >= 0.3 is 0 Å². The number of nitrogens with one attached hydrogen (secondary N) is 1. The van der Waals surface area contributed by atoms with Gasteiger partial charge in [0.2, 0.25) is 0 Å². The van der Waals surface area contributed by atoms with Crippen LogP contribution in [0, 0.1) is 5.92 Å². The van der Waals surface area contributed by atoms with Crippen LogP contribution in [0.5, 0.6) is 0 Å². The zero-order chi connectivity index (χ0) is 9.19. The molecule has 0 saturated carbocycles. The van der Waals surface area contributed by atoms with Crippen molar-refractivity contribution in [1.82, 2.24) is 5.32 Å². The second-order valence-electron chi connectivity index (χ2n) is 3.41. The third kappa shape index (κ3) is 3.08. The molecule has 0 aromatic carbocycles. The summed E-state index contributed by atoms with van der Waals surface area (Å²) in [6, 6.07) is 0. The van der Waals surface area contributed by atoms with Crippen molar-refractivity contribution in [2.75, 3.05) is 25.1 Å². The van der Waals surface area contributed by atoms with Gasteiger partial charge in [-0.3, -0.25) is 0 Å². The van der Waals surface area contributed by atoms with E-state index < -0.39 is 15.9 Å². The molecule has 1 saturated heterocycles. The van der Waals surface area contributed by atoms with E-state index in [0.29, 0.717) is 6.54 Å². The molecule has 1 fully saturated rings. The SMILES string of the molecule is CS(=O)(=O)CC1CCNCC1O. The average molecular weight is 193 g/mol. The van der Waals surface area contributed by atoms with E-state index in [0.717, 1.165) is 13.0 Å². The number of rotatable bonds is 2. The van der Waals surface area contributed by atoms with Gasteiger partial charge in [0.25, 0.3) is 0 Å². The Morgan fingerprint density at radius 2 is 2.25 bits per heavy atom.